The van der Waals surface area contributed by atoms with Crippen molar-refractivity contribution in [2.75, 3.05) is 13.4 Å². The van der Waals surface area contributed by atoms with Crippen molar-refractivity contribution in [3.63, 3.8) is 0 Å². The molecule has 0 unspecified atom stereocenters. The number of benzene rings is 1. The molecular weight excluding hydrogens is 310 g/mol. The second kappa shape index (κ2) is 6.78. The monoisotopic (exact) mass is 329 g/mol. The molecule has 0 heterocycles. The summed E-state index contributed by atoms with van der Waals surface area (Å²) in [6, 6.07) is 2.76. The number of hydrogen-bond donors (Lipinski definition) is 2. The number of methoxy groups -OCH3 is 1. The minimum absolute atomic E-state index is 0.0303. The predicted octanol–water partition coefficient (Wildman–Crippen LogP) is 0.938. The molecule has 22 heavy (non-hydrogen) atoms. The SMILES string of the molecule is COc1ccc(S(C)(=O)=O)cc1C(=O)N[C@H](C(=O)O)C(C)C. The molecule has 8 heteroatoms. The van der Waals surface area contributed by atoms with E-state index in [2.05, 4.69) is 5.32 Å². The van der Waals surface area contributed by atoms with Crippen LogP contribution in [0.15, 0.2) is 23.1 Å². The highest BCUT2D eigenvalue weighted by molar-refractivity contribution is 7.90. The van der Waals surface area contributed by atoms with Gasteiger partial charge in [-0.25, -0.2) is 13.2 Å². The van der Waals surface area contributed by atoms with Gasteiger partial charge in [-0.1, -0.05) is 13.8 Å². The first-order chi connectivity index (χ1) is 10.1. The second-order valence-electron chi connectivity index (χ2n) is 5.17. The molecule has 2 N–H and O–H groups in total. The molecule has 0 aliphatic carbocycles. The van der Waals surface area contributed by atoms with Crippen LogP contribution in [0.1, 0.15) is 24.2 Å². The van der Waals surface area contributed by atoms with E-state index >= 15 is 0 Å². The van der Waals surface area contributed by atoms with Crippen LogP contribution in [-0.4, -0.2) is 44.8 Å². The molecule has 0 aliphatic rings. The summed E-state index contributed by atoms with van der Waals surface area (Å²) in [5, 5.41) is 11.5. The minimum atomic E-state index is -3.50. The minimum Gasteiger partial charge on any atom is -0.496 e. The molecule has 0 spiro atoms. The zero-order chi connectivity index (χ0) is 17.1. The van der Waals surface area contributed by atoms with Gasteiger partial charge in [0.25, 0.3) is 5.91 Å². The summed E-state index contributed by atoms with van der Waals surface area (Å²) in [7, 11) is -2.16. The lowest BCUT2D eigenvalue weighted by Crippen LogP contribution is -2.44. The Morgan fingerprint density at radius 1 is 1.27 bits per heavy atom. The topological polar surface area (TPSA) is 110 Å². The summed E-state index contributed by atoms with van der Waals surface area (Å²) >= 11 is 0. The highest BCUT2D eigenvalue weighted by Crippen LogP contribution is 2.23. The van der Waals surface area contributed by atoms with Gasteiger partial charge >= 0.3 is 5.97 Å². The van der Waals surface area contributed by atoms with Crippen LogP contribution in [0.3, 0.4) is 0 Å². The lowest BCUT2D eigenvalue weighted by atomic mass is 10.0. The van der Waals surface area contributed by atoms with Crippen LogP contribution in [0.2, 0.25) is 0 Å². The third-order valence-electron chi connectivity index (χ3n) is 3.06. The van der Waals surface area contributed by atoms with Crippen molar-refractivity contribution in [3.05, 3.63) is 23.8 Å². The number of aliphatic carboxylic acids is 1. The molecule has 0 bridgehead atoms. The van der Waals surface area contributed by atoms with Gasteiger partial charge < -0.3 is 15.2 Å². The average Bonchev–Trinajstić information content (AvgIpc) is 2.41. The van der Waals surface area contributed by atoms with Crippen molar-refractivity contribution >= 4 is 21.7 Å². The molecule has 0 saturated heterocycles. The normalized spacial score (nSPS) is 12.8. The quantitative estimate of drug-likeness (QED) is 0.803. The predicted molar refractivity (Wildman–Crippen MR) is 79.8 cm³/mol. The number of nitrogens with one attached hydrogen (secondary N) is 1. The molecule has 1 amide bonds. The number of ether oxygens (including phenoxy) is 1. The van der Waals surface area contributed by atoms with Crippen molar-refractivity contribution < 1.29 is 27.9 Å². The molecule has 0 aliphatic heterocycles. The number of carboxylic acid groups (broad SMARTS) is 1. The number of hydrogen-bond acceptors (Lipinski definition) is 5. The van der Waals surface area contributed by atoms with E-state index in [-0.39, 0.29) is 22.1 Å². The fraction of sp³-hybridized carbons (Fsp3) is 0.429. The molecule has 1 aromatic carbocycles. The first-order valence-corrected chi connectivity index (χ1v) is 8.38. The summed E-state index contributed by atoms with van der Waals surface area (Å²) in [5.74, 6) is -2.03. The second-order valence-corrected chi connectivity index (χ2v) is 7.18. The zero-order valence-corrected chi connectivity index (χ0v) is 13.6. The Bertz CT molecular complexity index is 681. The van der Waals surface area contributed by atoms with Crippen molar-refractivity contribution in [3.8, 4) is 5.75 Å². The highest BCUT2D eigenvalue weighted by atomic mass is 32.2. The maximum Gasteiger partial charge on any atom is 0.326 e. The van der Waals surface area contributed by atoms with Gasteiger partial charge in [0.1, 0.15) is 11.8 Å². The van der Waals surface area contributed by atoms with Crippen LogP contribution in [0.4, 0.5) is 0 Å². The van der Waals surface area contributed by atoms with Gasteiger partial charge in [-0.2, -0.15) is 0 Å². The standard InChI is InChI=1S/C14H19NO6S/c1-8(2)12(14(17)18)15-13(16)10-7-9(22(4,19)20)5-6-11(10)21-3/h5-8,12H,1-4H3,(H,15,16)(H,17,18)/t12-/m0/s1. The molecular formula is C14H19NO6S. The van der Waals surface area contributed by atoms with E-state index < -0.39 is 27.8 Å². The highest BCUT2D eigenvalue weighted by Gasteiger charge is 2.26. The Balaban J connectivity index is 3.23. The van der Waals surface area contributed by atoms with Gasteiger partial charge in [0.05, 0.1) is 17.6 Å². The van der Waals surface area contributed by atoms with Gasteiger partial charge in [0.15, 0.2) is 9.84 Å². The van der Waals surface area contributed by atoms with Gasteiger partial charge in [-0.3, -0.25) is 4.79 Å². The molecule has 1 aromatic rings. The van der Waals surface area contributed by atoms with Crippen LogP contribution in [0.5, 0.6) is 5.75 Å². The molecule has 0 fully saturated rings. The number of carbonyl (C=O) groups is 2. The number of rotatable bonds is 6. The molecule has 0 radical (unpaired) electrons. The van der Waals surface area contributed by atoms with Gasteiger partial charge in [-0.15, -0.1) is 0 Å². The third kappa shape index (κ3) is 4.20. The lowest BCUT2D eigenvalue weighted by molar-refractivity contribution is -0.140. The molecule has 7 nitrogen and oxygen atoms in total. The van der Waals surface area contributed by atoms with Crippen LogP contribution in [-0.2, 0) is 14.6 Å². The summed E-state index contributed by atoms with van der Waals surface area (Å²) < 4.78 is 28.2. The van der Waals surface area contributed by atoms with Crippen molar-refractivity contribution in [1.29, 1.82) is 0 Å². The van der Waals surface area contributed by atoms with Crippen LogP contribution in [0.25, 0.3) is 0 Å². The summed E-state index contributed by atoms with van der Waals surface area (Å²) in [6.45, 7) is 3.31. The molecule has 1 atom stereocenters. The summed E-state index contributed by atoms with van der Waals surface area (Å²) in [6.07, 6.45) is 1.02. The lowest BCUT2D eigenvalue weighted by Gasteiger charge is -2.19. The van der Waals surface area contributed by atoms with E-state index in [1.807, 2.05) is 0 Å². The van der Waals surface area contributed by atoms with Crippen LogP contribution < -0.4 is 10.1 Å². The molecule has 122 valence electrons. The van der Waals surface area contributed by atoms with Gasteiger partial charge in [0, 0.05) is 6.26 Å². The van der Waals surface area contributed by atoms with Crippen molar-refractivity contribution in [2.45, 2.75) is 24.8 Å². The molecule has 0 aromatic heterocycles. The van der Waals surface area contributed by atoms with Crippen LogP contribution in [0, 0.1) is 5.92 Å². The Kier molecular flexibility index (Phi) is 5.54. The van der Waals surface area contributed by atoms with E-state index in [0.29, 0.717) is 0 Å². The van der Waals surface area contributed by atoms with Crippen LogP contribution >= 0.6 is 0 Å². The number of amides is 1. The smallest absolute Gasteiger partial charge is 0.326 e. The van der Waals surface area contributed by atoms with Crippen molar-refractivity contribution in [2.24, 2.45) is 5.92 Å². The third-order valence-corrected chi connectivity index (χ3v) is 4.17. The average molecular weight is 329 g/mol. The van der Waals surface area contributed by atoms with E-state index in [1.54, 1.807) is 13.8 Å². The van der Waals surface area contributed by atoms with E-state index in [1.165, 1.54) is 25.3 Å². The van der Waals surface area contributed by atoms with Gasteiger partial charge in [-0.05, 0) is 24.1 Å². The fourth-order valence-electron chi connectivity index (χ4n) is 1.83. The Hall–Kier alpha value is -2.09. The number of carbonyl (C=O) groups excluding carboxylic acids is 1. The largest absolute Gasteiger partial charge is 0.496 e. The zero-order valence-electron chi connectivity index (χ0n) is 12.8. The molecule has 0 saturated carbocycles. The maximum atomic E-state index is 12.3. The first-order valence-electron chi connectivity index (χ1n) is 6.49. The van der Waals surface area contributed by atoms with E-state index in [9.17, 15) is 18.0 Å². The summed E-state index contributed by atoms with van der Waals surface area (Å²) in [4.78, 5) is 23.4. The number of sulfone groups is 1. The maximum absolute atomic E-state index is 12.3. The first kappa shape index (κ1) is 18.0. The Morgan fingerprint density at radius 2 is 1.86 bits per heavy atom. The molecule has 1 rings (SSSR count). The fourth-order valence-corrected chi connectivity index (χ4v) is 2.47. The van der Waals surface area contributed by atoms with Crippen molar-refractivity contribution in [1.82, 2.24) is 5.32 Å². The van der Waals surface area contributed by atoms with E-state index in [4.69, 9.17) is 9.84 Å². The summed E-state index contributed by atoms with van der Waals surface area (Å²) in [5.41, 5.74) is -0.0303. The number of carboxylic acids is 1. The Morgan fingerprint density at radius 3 is 2.27 bits per heavy atom. The van der Waals surface area contributed by atoms with Gasteiger partial charge in [0.2, 0.25) is 0 Å². The Labute approximate surface area is 129 Å². The van der Waals surface area contributed by atoms with E-state index in [0.717, 1.165) is 6.26 Å².